The number of hydrogen-bond donors (Lipinski definition) is 1. The molecule has 2 heterocycles. The van der Waals surface area contributed by atoms with Gasteiger partial charge in [-0.2, -0.15) is 0 Å². The maximum absolute atomic E-state index is 12.6. The van der Waals surface area contributed by atoms with Gasteiger partial charge in [-0.3, -0.25) is 9.69 Å². The van der Waals surface area contributed by atoms with Gasteiger partial charge in [0.15, 0.2) is 0 Å². The third-order valence-corrected chi connectivity index (χ3v) is 4.46. The number of esters is 1. The molecule has 112 valence electrons. The van der Waals surface area contributed by atoms with Crippen LogP contribution in [-0.4, -0.2) is 47.2 Å². The largest absolute Gasteiger partial charge is 0.481 e. The minimum atomic E-state index is -1.08. The fourth-order valence-electron chi connectivity index (χ4n) is 3.41. The van der Waals surface area contributed by atoms with Crippen LogP contribution in [0.2, 0.25) is 0 Å². The highest BCUT2D eigenvalue weighted by Crippen LogP contribution is 2.39. The molecule has 1 aromatic rings. The predicted molar refractivity (Wildman–Crippen MR) is 76.0 cm³/mol. The highest BCUT2D eigenvalue weighted by molar-refractivity contribution is 5.89. The van der Waals surface area contributed by atoms with Gasteiger partial charge in [0.1, 0.15) is 12.0 Å². The van der Waals surface area contributed by atoms with Crippen molar-refractivity contribution in [2.45, 2.75) is 37.5 Å². The fraction of sp³-hybridized carbons (Fsp3) is 0.500. The molecule has 4 atom stereocenters. The minimum Gasteiger partial charge on any atom is -0.481 e. The standard InChI is InChI=1S/C16H19NO4/c1-17-11-7-8-12(17)14(15(18)19)13(9-11)21-16(20)10-5-3-2-4-6-10/h2-6,11-14H,7-9H2,1H3,(H,18,19)/t11-,12+,13-,14+/m0/s1/i2D,3D,4D,5D,6D. The Hall–Kier alpha value is -1.88. The Kier molecular flexibility index (Phi) is 2.40. The third-order valence-electron chi connectivity index (χ3n) is 4.46. The first-order valence-electron chi connectivity index (χ1n) is 9.37. The molecule has 0 unspecified atom stereocenters. The molecule has 0 aromatic heterocycles. The molecule has 0 spiro atoms. The van der Waals surface area contributed by atoms with Crippen LogP contribution in [0.1, 0.15) is 36.5 Å². The van der Waals surface area contributed by atoms with Gasteiger partial charge in [0.2, 0.25) is 0 Å². The van der Waals surface area contributed by atoms with Crippen molar-refractivity contribution in [1.82, 2.24) is 4.90 Å². The van der Waals surface area contributed by atoms with Crippen molar-refractivity contribution in [3.63, 3.8) is 0 Å². The average Bonchev–Trinajstić information content (AvgIpc) is 2.81. The van der Waals surface area contributed by atoms with E-state index < -0.39 is 59.7 Å². The van der Waals surface area contributed by atoms with Crippen molar-refractivity contribution in [2.24, 2.45) is 5.92 Å². The van der Waals surface area contributed by atoms with Crippen LogP contribution in [0.5, 0.6) is 0 Å². The van der Waals surface area contributed by atoms with Crippen molar-refractivity contribution in [1.29, 1.82) is 0 Å². The monoisotopic (exact) mass is 294 g/mol. The van der Waals surface area contributed by atoms with Crippen LogP contribution in [0, 0.1) is 5.92 Å². The number of piperidine rings is 1. The molecule has 2 aliphatic heterocycles. The maximum Gasteiger partial charge on any atom is 0.338 e. The molecule has 0 aliphatic carbocycles. The lowest BCUT2D eigenvalue weighted by atomic mass is 9.87. The van der Waals surface area contributed by atoms with Gasteiger partial charge in [-0.15, -0.1) is 0 Å². The lowest BCUT2D eigenvalue weighted by molar-refractivity contribution is -0.152. The van der Waals surface area contributed by atoms with E-state index in [0.717, 1.165) is 6.42 Å². The van der Waals surface area contributed by atoms with Gasteiger partial charge in [0.25, 0.3) is 0 Å². The van der Waals surface area contributed by atoms with Crippen molar-refractivity contribution < 1.29 is 26.3 Å². The second kappa shape index (κ2) is 5.48. The number of carbonyl (C=O) groups is 2. The summed E-state index contributed by atoms with van der Waals surface area (Å²) in [7, 11) is 1.85. The van der Waals surface area contributed by atoms with E-state index in [-0.39, 0.29) is 12.1 Å². The van der Waals surface area contributed by atoms with E-state index in [0.29, 0.717) is 12.8 Å². The summed E-state index contributed by atoms with van der Waals surface area (Å²) < 4.78 is 43.9. The Labute approximate surface area is 130 Å². The molecule has 5 heteroatoms. The van der Waals surface area contributed by atoms with E-state index in [4.69, 9.17) is 11.6 Å². The molecule has 0 amide bonds. The molecule has 2 bridgehead atoms. The highest BCUT2D eigenvalue weighted by Gasteiger charge is 2.50. The quantitative estimate of drug-likeness (QED) is 0.861. The molecule has 1 aromatic carbocycles. The Morgan fingerprint density at radius 1 is 1.33 bits per heavy atom. The van der Waals surface area contributed by atoms with Gasteiger partial charge < -0.3 is 9.84 Å². The molecule has 0 saturated carbocycles. The first kappa shape index (κ1) is 9.20. The topological polar surface area (TPSA) is 66.8 Å². The number of benzene rings is 1. The summed E-state index contributed by atoms with van der Waals surface area (Å²) in [5, 5.41) is 9.59. The average molecular weight is 294 g/mol. The Bertz CT molecular complexity index is 757. The van der Waals surface area contributed by atoms with E-state index in [2.05, 4.69) is 0 Å². The molecular weight excluding hydrogens is 270 g/mol. The van der Waals surface area contributed by atoms with Gasteiger partial charge in [-0.05, 0) is 32.0 Å². The summed E-state index contributed by atoms with van der Waals surface area (Å²) in [4.78, 5) is 26.3. The number of carboxylic acid groups (broad SMARTS) is 1. The zero-order valence-electron chi connectivity index (χ0n) is 16.5. The summed E-state index contributed by atoms with van der Waals surface area (Å²) in [6.45, 7) is 0. The van der Waals surface area contributed by atoms with Crippen molar-refractivity contribution in [3.8, 4) is 0 Å². The number of carbonyl (C=O) groups excluding carboxylic acids is 1. The van der Waals surface area contributed by atoms with E-state index in [1.54, 1.807) is 0 Å². The van der Waals surface area contributed by atoms with Gasteiger partial charge in [-0.25, -0.2) is 4.79 Å². The second-order valence-electron chi connectivity index (χ2n) is 5.51. The Morgan fingerprint density at radius 3 is 2.71 bits per heavy atom. The van der Waals surface area contributed by atoms with E-state index in [1.165, 1.54) is 0 Å². The number of carboxylic acids is 1. The summed E-state index contributed by atoms with van der Waals surface area (Å²) in [5.74, 6) is -3.06. The Balaban J connectivity index is 1.92. The lowest BCUT2D eigenvalue weighted by Crippen LogP contribution is -2.53. The van der Waals surface area contributed by atoms with E-state index in [9.17, 15) is 14.7 Å². The van der Waals surface area contributed by atoms with Gasteiger partial charge in [0, 0.05) is 18.5 Å². The van der Waals surface area contributed by atoms with Crippen LogP contribution in [-0.2, 0) is 9.53 Å². The zero-order valence-corrected chi connectivity index (χ0v) is 11.5. The van der Waals surface area contributed by atoms with Crippen molar-refractivity contribution >= 4 is 11.9 Å². The number of nitrogens with zero attached hydrogens (tertiary/aromatic N) is 1. The Morgan fingerprint density at radius 2 is 2.05 bits per heavy atom. The molecule has 3 rings (SSSR count). The van der Waals surface area contributed by atoms with Crippen LogP contribution in [0.15, 0.2) is 30.2 Å². The summed E-state index contributed by atoms with van der Waals surface area (Å²) in [5.41, 5.74) is -0.564. The van der Waals surface area contributed by atoms with Crippen molar-refractivity contribution in [2.75, 3.05) is 7.05 Å². The SMILES string of the molecule is [2H]c1c([2H])c([2H])c(C(=O)O[C@H]2C[C@@H]3CC[C@H]([C@H]2C(=O)O)N3C)c([2H])c1[2H]. The molecule has 2 fully saturated rings. The van der Waals surface area contributed by atoms with Gasteiger partial charge in [-0.1, -0.05) is 18.1 Å². The number of ether oxygens (including phenoxy) is 1. The smallest absolute Gasteiger partial charge is 0.338 e. The molecule has 5 nitrogen and oxygen atoms in total. The molecule has 2 aliphatic rings. The molecule has 21 heavy (non-hydrogen) atoms. The summed E-state index contributed by atoms with van der Waals surface area (Å²) >= 11 is 0. The normalized spacial score (nSPS) is 35.2. The van der Waals surface area contributed by atoms with Crippen LogP contribution in [0.3, 0.4) is 0 Å². The van der Waals surface area contributed by atoms with E-state index >= 15 is 0 Å². The van der Waals surface area contributed by atoms with Crippen molar-refractivity contribution in [3.05, 3.63) is 35.8 Å². The number of aliphatic carboxylic acids is 1. The third kappa shape index (κ3) is 2.53. The predicted octanol–water partition coefficient (Wildman–Crippen LogP) is 1.78. The first-order chi connectivity index (χ1) is 12.1. The highest BCUT2D eigenvalue weighted by atomic mass is 16.5. The lowest BCUT2D eigenvalue weighted by Gasteiger charge is -2.40. The molecule has 1 N–H and O–H groups in total. The number of hydrogen-bond acceptors (Lipinski definition) is 4. The molecule has 2 saturated heterocycles. The van der Waals surface area contributed by atoms with Crippen LogP contribution in [0.25, 0.3) is 0 Å². The molecular formula is C16H19NO4. The summed E-state index contributed by atoms with van der Waals surface area (Å²) in [6.07, 6.45) is 0.953. The number of fused-ring (bicyclic) bond motifs is 2. The van der Waals surface area contributed by atoms with Crippen LogP contribution < -0.4 is 0 Å². The second-order valence-corrected chi connectivity index (χ2v) is 5.51. The molecule has 0 radical (unpaired) electrons. The van der Waals surface area contributed by atoms with Crippen LogP contribution in [0.4, 0.5) is 0 Å². The van der Waals surface area contributed by atoms with Gasteiger partial charge >= 0.3 is 11.9 Å². The number of rotatable bonds is 3. The van der Waals surface area contributed by atoms with Crippen LogP contribution >= 0.6 is 0 Å². The first-order valence-corrected chi connectivity index (χ1v) is 6.87. The fourth-order valence-corrected chi connectivity index (χ4v) is 3.41. The van der Waals surface area contributed by atoms with E-state index in [1.807, 2.05) is 11.9 Å². The minimum absolute atomic E-state index is 0.105. The maximum atomic E-state index is 12.6. The summed E-state index contributed by atoms with van der Waals surface area (Å²) in [6, 6.07) is -3.30. The zero-order chi connectivity index (χ0) is 19.3. The van der Waals surface area contributed by atoms with Gasteiger partial charge in [0.05, 0.1) is 12.4 Å².